The molecule has 0 spiro atoms. The molecule has 0 aliphatic carbocycles. The number of aryl methyl sites for hydroxylation is 2. The van der Waals surface area contributed by atoms with Gasteiger partial charge in [-0.3, -0.25) is 0 Å². The summed E-state index contributed by atoms with van der Waals surface area (Å²) >= 11 is 0. The SMILES string of the molecule is CCCc1nc2c(C)cc(-c3nc(C(C)C)c(C)n3CC)cc2n1Cc1ccc(-c2ccccc2OC(=O)O)cc1. The molecule has 0 radical (unpaired) electrons. The zero-order valence-electron chi connectivity index (χ0n) is 24.7. The molecule has 0 fully saturated rings. The van der Waals surface area contributed by atoms with E-state index in [1.54, 1.807) is 12.1 Å². The first kappa shape index (κ1) is 28.1. The molecule has 0 atom stereocenters. The van der Waals surface area contributed by atoms with Crippen LogP contribution in [0.1, 0.15) is 68.4 Å². The van der Waals surface area contributed by atoms with Gasteiger partial charge in [-0.05, 0) is 68.0 Å². The van der Waals surface area contributed by atoms with Crippen molar-refractivity contribution in [1.82, 2.24) is 19.1 Å². The van der Waals surface area contributed by atoms with E-state index >= 15 is 0 Å². The van der Waals surface area contributed by atoms with Crippen LogP contribution in [-0.4, -0.2) is 30.4 Å². The Balaban J connectivity index is 1.56. The van der Waals surface area contributed by atoms with Crippen LogP contribution in [0.5, 0.6) is 5.75 Å². The Hall–Kier alpha value is -4.39. The Morgan fingerprint density at radius 2 is 1.68 bits per heavy atom. The molecule has 0 amide bonds. The summed E-state index contributed by atoms with van der Waals surface area (Å²) in [5.41, 5.74) is 9.56. The molecule has 7 nitrogen and oxygen atoms in total. The fraction of sp³-hybridized carbons (Fsp3) is 0.324. The topological polar surface area (TPSA) is 82.2 Å². The smallest absolute Gasteiger partial charge is 0.449 e. The number of rotatable bonds is 9. The monoisotopic (exact) mass is 550 g/mol. The van der Waals surface area contributed by atoms with Crippen molar-refractivity contribution < 1.29 is 14.6 Å². The Morgan fingerprint density at radius 3 is 2.34 bits per heavy atom. The molecule has 5 aromatic rings. The van der Waals surface area contributed by atoms with Crippen molar-refractivity contribution in [1.29, 1.82) is 0 Å². The van der Waals surface area contributed by atoms with Crippen molar-refractivity contribution in [3.05, 3.63) is 89.0 Å². The van der Waals surface area contributed by atoms with Crippen LogP contribution in [0, 0.1) is 13.8 Å². The molecule has 0 bridgehead atoms. The van der Waals surface area contributed by atoms with Crippen LogP contribution < -0.4 is 4.74 Å². The molecule has 0 saturated carbocycles. The van der Waals surface area contributed by atoms with Gasteiger partial charge in [0.05, 0.1) is 16.7 Å². The number of carboxylic acid groups (broad SMARTS) is 1. The highest BCUT2D eigenvalue weighted by atomic mass is 16.7. The number of imidazole rings is 2. The summed E-state index contributed by atoms with van der Waals surface area (Å²) in [6.45, 7) is 14.6. The van der Waals surface area contributed by atoms with Gasteiger partial charge in [-0.15, -0.1) is 0 Å². The van der Waals surface area contributed by atoms with Gasteiger partial charge in [-0.2, -0.15) is 0 Å². The van der Waals surface area contributed by atoms with Crippen LogP contribution in [0.4, 0.5) is 4.79 Å². The van der Waals surface area contributed by atoms with Gasteiger partial charge in [0.1, 0.15) is 17.4 Å². The van der Waals surface area contributed by atoms with E-state index in [4.69, 9.17) is 19.8 Å². The molecule has 2 aromatic heterocycles. The molecule has 0 saturated heterocycles. The van der Waals surface area contributed by atoms with E-state index in [9.17, 15) is 4.79 Å². The van der Waals surface area contributed by atoms with Gasteiger partial charge >= 0.3 is 6.16 Å². The van der Waals surface area contributed by atoms with E-state index < -0.39 is 6.16 Å². The molecule has 5 rings (SSSR count). The highest BCUT2D eigenvalue weighted by Gasteiger charge is 2.20. The molecule has 0 unspecified atom stereocenters. The zero-order valence-corrected chi connectivity index (χ0v) is 24.7. The van der Waals surface area contributed by atoms with Crippen LogP contribution in [0.2, 0.25) is 0 Å². The molecule has 0 aliphatic heterocycles. The molecule has 0 aliphatic rings. The normalized spacial score (nSPS) is 11.5. The summed E-state index contributed by atoms with van der Waals surface area (Å²) in [5.74, 6) is 2.77. The van der Waals surface area contributed by atoms with Crippen molar-refractivity contribution in [2.24, 2.45) is 0 Å². The number of benzene rings is 3. The van der Waals surface area contributed by atoms with Gasteiger partial charge in [-0.25, -0.2) is 14.8 Å². The van der Waals surface area contributed by atoms with Crippen molar-refractivity contribution in [2.45, 2.75) is 73.4 Å². The van der Waals surface area contributed by atoms with Crippen LogP contribution in [0.15, 0.2) is 60.7 Å². The second kappa shape index (κ2) is 11.6. The van der Waals surface area contributed by atoms with E-state index in [1.165, 1.54) is 5.69 Å². The van der Waals surface area contributed by atoms with Crippen molar-refractivity contribution in [2.75, 3.05) is 0 Å². The summed E-state index contributed by atoms with van der Waals surface area (Å²) in [4.78, 5) is 21.4. The fourth-order valence-electron chi connectivity index (χ4n) is 5.73. The number of para-hydroxylation sites is 1. The molecule has 7 heteroatoms. The quantitative estimate of drug-likeness (QED) is 0.147. The lowest BCUT2D eigenvalue weighted by molar-refractivity contribution is 0.144. The van der Waals surface area contributed by atoms with Gasteiger partial charge in [0.2, 0.25) is 0 Å². The molecular weight excluding hydrogens is 512 g/mol. The van der Waals surface area contributed by atoms with Gasteiger partial charge in [0.15, 0.2) is 0 Å². The van der Waals surface area contributed by atoms with Crippen LogP contribution >= 0.6 is 0 Å². The lowest BCUT2D eigenvalue weighted by Crippen LogP contribution is -2.06. The van der Waals surface area contributed by atoms with Crippen molar-refractivity contribution in [3.8, 4) is 28.3 Å². The predicted octanol–water partition coefficient (Wildman–Crippen LogP) is 8.38. The lowest BCUT2D eigenvalue weighted by atomic mass is 10.0. The van der Waals surface area contributed by atoms with Gasteiger partial charge in [-0.1, -0.05) is 63.2 Å². The first-order valence-electron chi connectivity index (χ1n) is 14.4. The molecule has 2 heterocycles. The third kappa shape index (κ3) is 5.49. The maximum Gasteiger partial charge on any atom is 0.511 e. The average Bonchev–Trinajstić information content (AvgIpc) is 3.46. The summed E-state index contributed by atoms with van der Waals surface area (Å²) in [7, 11) is 0. The predicted molar refractivity (Wildman–Crippen MR) is 164 cm³/mol. The zero-order chi connectivity index (χ0) is 29.3. The van der Waals surface area contributed by atoms with E-state index in [0.29, 0.717) is 18.2 Å². The Labute approximate surface area is 241 Å². The van der Waals surface area contributed by atoms with Crippen LogP contribution in [0.25, 0.3) is 33.5 Å². The van der Waals surface area contributed by atoms with E-state index in [1.807, 2.05) is 24.3 Å². The summed E-state index contributed by atoms with van der Waals surface area (Å²) in [5, 5.41) is 9.13. The minimum atomic E-state index is -1.32. The second-order valence-electron chi connectivity index (χ2n) is 10.9. The second-order valence-corrected chi connectivity index (χ2v) is 10.9. The van der Waals surface area contributed by atoms with Gasteiger partial charge < -0.3 is 19.0 Å². The van der Waals surface area contributed by atoms with Crippen molar-refractivity contribution >= 4 is 17.2 Å². The fourth-order valence-corrected chi connectivity index (χ4v) is 5.73. The summed E-state index contributed by atoms with van der Waals surface area (Å²) in [6.07, 6.45) is 0.573. The van der Waals surface area contributed by atoms with Crippen molar-refractivity contribution in [3.63, 3.8) is 0 Å². The largest absolute Gasteiger partial charge is 0.511 e. The lowest BCUT2D eigenvalue weighted by Gasteiger charge is -2.13. The first-order chi connectivity index (χ1) is 19.7. The third-order valence-corrected chi connectivity index (χ3v) is 7.67. The number of ether oxygens (including phenoxy) is 1. The molecular formula is C34H38N4O3. The molecule has 3 aromatic carbocycles. The number of fused-ring (bicyclic) bond motifs is 1. The number of carbonyl (C=O) groups is 1. The molecule has 1 N–H and O–H groups in total. The molecule has 212 valence electrons. The molecule has 41 heavy (non-hydrogen) atoms. The average molecular weight is 551 g/mol. The maximum atomic E-state index is 11.2. The summed E-state index contributed by atoms with van der Waals surface area (Å²) in [6, 6.07) is 19.9. The van der Waals surface area contributed by atoms with E-state index in [2.05, 4.69) is 74.9 Å². The van der Waals surface area contributed by atoms with E-state index in [-0.39, 0.29) is 0 Å². The highest BCUT2D eigenvalue weighted by Crippen LogP contribution is 2.33. The Morgan fingerprint density at radius 1 is 0.951 bits per heavy atom. The number of nitrogens with zero attached hydrogens (tertiary/aromatic N) is 4. The van der Waals surface area contributed by atoms with Crippen LogP contribution in [-0.2, 0) is 19.5 Å². The highest BCUT2D eigenvalue weighted by molar-refractivity contribution is 5.85. The number of hydrogen-bond acceptors (Lipinski definition) is 4. The van der Waals surface area contributed by atoms with Gasteiger partial charge in [0.25, 0.3) is 0 Å². The minimum absolute atomic E-state index is 0.322. The van der Waals surface area contributed by atoms with Crippen LogP contribution in [0.3, 0.4) is 0 Å². The van der Waals surface area contributed by atoms with Gasteiger partial charge in [0, 0.05) is 36.3 Å². The Kier molecular flexibility index (Phi) is 7.97. The number of hydrogen-bond donors (Lipinski definition) is 1. The first-order valence-corrected chi connectivity index (χ1v) is 14.4. The maximum absolute atomic E-state index is 11.2. The standard InChI is InChI=1S/C34H38N4O3/c1-7-11-30-35-32-22(5)18-26(33-36-31(21(3)4)23(6)37(33)8-2)19-28(32)38(30)20-24-14-16-25(17-15-24)27-12-9-10-13-29(27)41-34(39)40/h9-10,12-19,21H,7-8,11,20H2,1-6H3,(H,39,40). The summed E-state index contributed by atoms with van der Waals surface area (Å²) < 4.78 is 9.65. The minimum Gasteiger partial charge on any atom is -0.449 e. The van der Waals surface area contributed by atoms with E-state index in [0.717, 1.165) is 75.6 Å². The third-order valence-electron chi connectivity index (χ3n) is 7.67. The Bertz CT molecular complexity index is 1710. The number of aromatic nitrogens is 4.